The molecule has 0 fully saturated rings. The molecule has 1 aromatic rings. The monoisotopic (exact) mass is 227 g/mol. The highest BCUT2D eigenvalue weighted by molar-refractivity contribution is 5.71. The Labute approximate surface area is 92.0 Å². The maximum atomic E-state index is 12.4. The Balaban J connectivity index is 2.37. The highest BCUT2D eigenvalue weighted by atomic mass is 19.4. The van der Waals surface area contributed by atoms with Crippen LogP contribution in [0.2, 0.25) is 0 Å². The molecule has 4 heteroatoms. The molecule has 0 bridgehead atoms. The highest BCUT2D eigenvalue weighted by Gasteiger charge is 2.30. The van der Waals surface area contributed by atoms with Gasteiger partial charge in [-0.25, -0.2) is 0 Å². The second kappa shape index (κ2) is 3.94. The van der Waals surface area contributed by atoms with Gasteiger partial charge in [0.25, 0.3) is 0 Å². The molecule has 0 aliphatic carbocycles. The van der Waals surface area contributed by atoms with Crippen molar-refractivity contribution in [2.24, 2.45) is 0 Å². The van der Waals surface area contributed by atoms with E-state index in [0.717, 1.165) is 30.3 Å². The standard InChI is InChI=1S/C12H12F3N/c1-8-6-10(12(13,14)15)2-3-11(8)9-4-5-16-7-9/h2-4,6,16H,5,7H2,1H3. The van der Waals surface area contributed by atoms with Crippen molar-refractivity contribution in [2.75, 3.05) is 13.1 Å². The maximum absolute atomic E-state index is 12.4. The van der Waals surface area contributed by atoms with Crippen LogP contribution in [0, 0.1) is 6.92 Å². The molecule has 1 aromatic carbocycles. The first-order valence-electron chi connectivity index (χ1n) is 5.06. The van der Waals surface area contributed by atoms with Crippen LogP contribution in [0.4, 0.5) is 13.2 Å². The van der Waals surface area contributed by atoms with E-state index in [1.54, 1.807) is 13.0 Å². The summed E-state index contributed by atoms with van der Waals surface area (Å²) >= 11 is 0. The van der Waals surface area contributed by atoms with Crippen LogP contribution in [0.25, 0.3) is 5.57 Å². The minimum Gasteiger partial charge on any atom is -0.309 e. The number of halogens is 3. The number of hydrogen-bond acceptors (Lipinski definition) is 1. The van der Waals surface area contributed by atoms with E-state index in [-0.39, 0.29) is 0 Å². The number of benzene rings is 1. The van der Waals surface area contributed by atoms with E-state index in [9.17, 15) is 13.2 Å². The van der Waals surface area contributed by atoms with E-state index in [0.29, 0.717) is 5.56 Å². The summed E-state index contributed by atoms with van der Waals surface area (Å²) in [6.07, 6.45) is -2.25. The average molecular weight is 227 g/mol. The van der Waals surface area contributed by atoms with Gasteiger partial charge in [0, 0.05) is 13.1 Å². The molecule has 1 nitrogen and oxygen atoms in total. The molecule has 86 valence electrons. The van der Waals surface area contributed by atoms with Crippen molar-refractivity contribution in [3.63, 3.8) is 0 Å². The second-order valence-electron chi connectivity index (χ2n) is 3.89. The fourth-order valence-electron chi connectivity index (χ4n) is 1.88. The Morgan fingerprint density at radius 3 is 2.50 bits per heavy atom. The molecule has 16 heavy (non-hydrogen) atoms. The number of hydrogen-bond donors (Lipinski definition) is 1. The van der Waals surface area contributed by atoms with Crippen molar-refractivity contribution in [1.82, 2.24) is 5.32 Å². The topological polar surface area (TPSA) is 12.0 Å². The van der Waals surface area contributed by atoms with Crippen LogP contribution in [0.5, 0.6) is 0 Å². The summed E-state index contributed by atoms with van der Waals surface area (Å²) in [4.78, 5) is 0. The SMILES string of the molecule is Cc1cc(C(F)(F)F)ccc1C1=CCNC1. The zero-order valence-electron chi connectivity index (χ0n) is 8.86. The van der Waals surface area contributed by atoms with Crippen molar-refractivity contribution in [3.05, 3.63) is 41.0 Å². The van der Waals surface area contributed by atoms with Crippen molar-refractivity contribution < 1.29 is 13.2 Å². The summed E-state index contributed by atoms with van der Waals surface area (Å²) in [5, 5.41) is 3.13. The third-order valence-corrected chi connectivity index (χ3v) is 2.71. The van der Waals surface area contributed by atoms with Crippen LogP contribution in [-0.2, 0) is 6.18 Å². The predicted molar refractivity (Wildman–Crippen MR) is 57.0 cm³/mol. The molecule has 0 atom stereocenters. The zero-order valence-corrected chi connectivity index (χ0v) is 8.86. The molecule has 1 aliphatic rings. The highest BCUT2D eigenvalue weighted by Crippen LogP contribution is 2.32. The normalized spacial score (nSPS) is 16.4. The molecule has 0 spiro atoms. The molecule has 0 radical (unpaired) electrons. The molecule has 0 saturated carbocycles. The van der Waals surface area contributed by atoms with E-state index in [1.807, 2.05) is 6.08 Å². The summed E-state index contributed by atoms with van der Waals surface area (Å²) in [5.74, 6) is 0. The van der Waals surface area contributed by atoms with Crippen LogP contribution in [-0.4, -0.2) is 13.1 Å². The Morgan fingerprint density at radius 1 is 1.25 bits per heavy atom. The molecule has 1 N–H and O–H groups in total. The number of aryl methyl sites for hydroxylation is 1. The molecular weight excluding hydrogens is 215 g/mol. The maximum Gasteiger partial charge on any atom is 0.416 e. The number of rotatable bonds is 1. The quantitative estimate of drug-likeness (QED) is 0.777. The van der Waals surface area contributed by atoms with Gasteiger partial charge in [-0.05, 0) is 35.8 Å². The number of nitrogens with one attached hydrogen (secondary N) is 1. The molecule has 1 aliphatic heterocycles. The minimum absolute atomic E-state index is 0.583. The van der Waals surface area contributed by atoms with Crippen LogP contribution < -0.4 is 5.32 Å². The van der Waals surface area contributed by atoms with Gasteiger partial charge in [-0.3, -0.25) is 0 Å². The molecular formula is C12H12F3N. The smallest absolute Gasteiger partial charge is 0.309 e. The second-order valence-corrected chi connectivity index (χ2v) is 3.89. The lowest BCUT2D eigenvalue weighted by molar-refractivity contribution is -0.137. The summed E-state index contributed by atoms with van der Waals surface area (Å²) in [6, 6.07) is 3.90. The predicted octanol–water partition coefficient (Wildman–Crippen LogP) is 3.00. The summed E-state index contributed by atoms with van der Waals surface area (Å²) in [7, 11) is 0. The Kier molecular flexibility index (Phi) is 2.76. The third kappa shape index (κ3) is 2.11. The van der Waals surface area contributed by atoms with Crippen LogP contribution in [0.15, 0.2) is 24.3 Å². The van der Waals surface area contributed by atoms with Gasteiger partial charge in [0.2, 0.25) is 0 Å². The lowest BCUT2D eigenvalue weighted by Crippen LogP contribution is -2.09. The van der Waals surface area contributed by atoms with E-state index in [4.69, 9.17) is 0 Å². The van der Waals surface area contributed by atoms with Gasteiger partial charge in [0.05, 0.1) is 5.56 Å². The van der Waals surface area contributed by atoms with E-state index >= 15 is 0 Å². The Bertz CT molecular complexity index is 432. The molecule has 0 saturated heterocycles. The van der Waals surface area contributed by atoms with Crippen molar-refractivity contribution in [1.29, 1.82) is 0 Å². The molecule has 0 unspecified atom stereocenters. The van der Waals surface area contributed by atoms with E-state index in [1.165, 1.54) is 6.07 Å². The number of alkyl halides is 3. The molecule has 2 rings (SSSR count). The summed E-state index contributed by atoms with van der Waals surface area (Å²) < 4.78 is 37.3. The van der Waals surface area contributed by atoms with Gasteiger partial charge in [0.15, 0.2) is 0 Å². The fraction of sp³-hybridized carbons (Fsp3) is 0.333. The van der Waals surface area contributed by atoms with E-state index < -0.39 is 11.7 Å². The van der Waals surface area contributed by atoms with Crippen LogP contribution in [0.3, 0.4) is 0 Å². The Morgan fingerprint density at radius 2 is 2.00 bits per heavy atom. The molecule has 0 amide bonds. The van der Waals surface area contributed by atoms with Crippen LogP contribution in [0.1, 0.15) is 16.7 Å². The van der Waals surface area contributed by atoms with Gasteiger partial charge in [-0.2, -0.15) is 13.2 Å². The van der Waals surface area contributed by atoms with E-state index in [2.05, 4.69) is 5.32 Å². The first-order chi connectivity index (χ1) is 7.48. The lowest BCUT2D eigenvalue weighted by atomic mass is 9.99. The van der Waals surface area contributed by atoms with Gasteiger partial charge in [0.1, 0.15) is 0 Å². The molecule has 0 aromatic heterocycles. The first-order valence-corrected chi connectivity index (χ1v) is 5.06. The summed E-state index contributed by atoms with van der Waals surface area (Å²) in [5.41, 5.74) is 2.06. The zero-order chi connectivity index (χ0) is 11.8. The lowest BCUT2D eigenvalue weighted by Gasteiger charge is -2.11. The summed E-state index contributed by atoms with van der Waals surface area (Å²) in [6.45, 7) is 3.23. The van der Waals surface area contributed by atoms with Gasteiger partial charge in [-0.1, -0.05) is 12.1 Å². The van der Waals surface area contributed by atoms with Gasteiger partial charge >= 0.3 is 6.18 Å². The third-order valence-electron chi connectivity index (χ3n) is 2.71. The van der Waals surface area contributed by atoms with Crippen molar-refractivity contribution in [2.45, 2.75) is 13.1 Å². The van der Waals surface area contributed by atoms with Gasteiger partial charge in [-0.15, -0.1) is 0 Å². The van der Waals surface area contributed by atoms with Crippen molar-refractivity contribution >= 4 is 5.57 Å². The Hall–Kier alpha value is -1.29. The fourth-order valence-corrected chi connectivity index (χ4v) is 1.88. The molecule has 1 heterocycles. The average Bonchev–Trinajstić information content (AvgIpc) is 2.69. The minimum atomic E-state index is -4.26. The largest absolute Gasteiger partial charge is 0.416 e. The first kappa shape index (κ1) is 11.2. The van der Waals surface area contributed by atoms with Gasteiger partial charge < -0.3 is 5.32 Å². The van der Waals surface area contributed by atoms with Crippen molar-refractivity contribution in [3.8, 4) is 0 Å². The van der Waals surface area contributed by atoms with Crippen LogP contribution >= 0.6 is 0 Å².